The summed E-state index contributed by atoms with van der Waals surface area (Å²) in [4.78, 5) is 24.2. The molecule has 0 aliphatic heterocycles. The fraction of sp³-hybridized carbons (Fsp3) is 0.333. The SMILES string of the molecule is COC(=O)c1c(NC2CC2)sc2sc(Cl)cc2c1=O. The summed E-state index contributed by atoms with van der Waals surface area (Å²) >= 11 is 8.67. The lowest BCUT2D eigenvalue weighted by atomic mass is 10.2. The van der Waals surface area contributed by atoms with Crippen molar-refractivity contribution in [1.82, 2.24) is 0 Å². The molecule has 1 fully saturated rings. The summed E-state index contributed by atoms with van der Waals surface area (Å²) in [6, 6.07) is 1.96. The molecule has 1 aliphatic carbocycles. The van der Waals surface area contributed by atoms with Gasteiger partial charge in [0.25, 0.3) is 0 Å². The van der Waals surface area contributed by atoms with Gasteiger partial charge in [-0.25, -0.2) is 4.79 Å². The van der Waals surface area contributed by atoms with Crippen molar-refractivity contribution >= 4 is 54.6 Å². The van der Waals surface area contributed by atoms with Gasteiger partial charge < -0.3 is 10.1 Å². The van der Waals surface area contributed by atoms with E-state index in [1.54, 1.807) is 6.07 Å². The molecule has 7 heteroatoms. The molecule has 0 saturated heterocycles. The number of carbonyl (C=O) groups is 1. The molecule has 3 rings (SSSR count). The van der Waals surface area contributed by atoms with Crippen LogP contribution in [0.3, 0.4) is 0 Å². The van der Waals surface area contributed by atoms with Crippen LogP contribution in [0.5, 0.6) is 0 Å². The van der Waals surface area contributed by atoms with Crippen molar-refractivity contribution in [3.8, 4) is 0 Å². The molecule has 2 aromatic heterocycles. The minimum absolute atomic E-state index is 0.0846. The standard InChI is InChI=1S/C12H10ClNO3S2/c1-17-11(16)8-9(15)6-4-7(13)18-12(6)19-10(8)14-5-2-3-5/h4-5,14H,2-3H2,1H3. The monoisotopic (exact) mass is 315 g/mol. The maximum Gasteiger partial charge on any atom is 0.344 e. The number of carbonyl (C=O) groups excluding carboxylic acids is 1. The van der Waals surface area contributed by atoms with Crippen molar-refractivity contribution in [1.29, 1.82) is 0 Å². The molecular formula is C12H10ClNO3S2. The Kier molecular flexibility index (Phi) is 3.24. The number of hydrogen-bond acceptors (Lipinski definition) is 6. The van der Waals surface area contributed by atoms with Crippen LogP contribution in [-0.2, 0) is 4.74 Å². The van der Waals surface area contributed by atoms with E-state index < -0.39 is 5.97 Å². The number of rotatable bonds is 3. The summed E-state index contributed by atoms with van der Waals surface area (Å²) in [6.07, 6.45) is 2.12. The first-order chi connectivity index (χ1) is 9.10. The maximum absolute atomic E-state index is 12.4. The Hall–Kier alpha value is -1.11. The van der Waals surface area contributed by atoms with Crippen LogP contribution >= 0.6 is 34.3 Å². The van der Waals surface area contributed by atoms with Gasteiger partial charge in [0.2, 0.25) is 5.43 Å². The lowest BCUT2D eigenvalue weighted by Gasteiger charge is -2.08. The van der Waals surface area contributed by atoms with Crippen molar-refractivity contribution in [2.75, 3.05) is 12.4 Å². The molecule has 1 saturated carbocycles. The largest absolute Gasteiger partial charge is 0.465 e. The second-order valence-electron chi connectivity index (χ2n) is 4.30. The average molecular weight is 316 g/mol. The summed E-state index contributed by atoms with van der Waals surface area (Å²) in [5, 5.41) is 4.30. The third-order valence-electron chi connectivity index (χ3n) is 2.86. The highest BCUT2D eigenvalue weighted by Crippen LogP contribution is 2.37. The van der Waals surface area contributed by atoms with Crippen LogP contribution in [0.2, 0.25) is 4.34 Å². The van der Waals surface area contributed by atoms with Crippen molar-refractivity contribution in [3.05, 3.63) is 26.2 Å². The molecule has 0 radical (unpaired) electrons. The highest BCUT2D eigenvalue weighted by Gasteiger charge is 2.27. The van der Waals surface area contributed by atoms with Crippen LogP contribution in [0.1, 0.15) is 23.2 Å². The molecule has 0 unspecified atom stereocenters. The summed E-state index contributed by atoms with van der Waals surface area (Å²) in [6.45, 7) is 0. The van der Waals surface area contributed by atoms with Gasteiger partial charge in [0.1, 0.15) is 10.6 Å². The van der Waals surface area contributed by atoms with Crippen LogP contribution < -0.4 is 10.7 Å². The van der Waals surface area contributed by atoms with Crippen molar-refractivity contribution in [3.63, 3.8) is 0 Å². The molecule has 0 atom stereocenters. The van der Waals surface area contributed by atoms with Crippen molar-refractivity contribution < 1.29 is 9.53 Å². The molecule has 0 amide bonds. The fourth-order valence-corrected chi connectivity index (χ4v) is 4.49. The number of nitrogens with one attached hydrogen (secondary N) is 1. The molecule has 1 aliphatic rings. The second-order valence-corrected chi connectivity index (χ2v) is 7.26. The third-order valence-corrected chi connectivity index (χ3v) is 5.35. The van der Waals surface area contributed by atoms with Gasteiger partial charge >= 0.3 is 5.97 Å². The van der Waals surface area contributed by atoms with Gasteiger partial charge in [-0.2, -0.15) is 0 Å². The van der Waals surface area contributed by atoms with Crippen LogP contribution in [0.15, 0.2) is 10.9 Å². The molecule has 2 heterocycles. The van der Waals surface area contributed by atoms with E-state index in [-0.39, 0.29) is 11.0 Å². The van der Waals surface area contributed by atoms with E-state index >= 15 is 0 Å². The lowest BCUT2D eigenvalue weighted by Crippen LogP contribution is -2.19. The van der Waals surface area contributed by atoms with Gasteiger partial charge in [-0.3, -0.25) is 4.79 Å². The van der Waals surface area contributed by atoms with Crippen LogP contribution in [0.4, 0.5) is 5.00 Å². The maximum atomic E-state index is 12.4. The molecule has 2 aromatic rings. The van der Waals surface area contributed by atoms with E-state index in [0.717, 1.165) is 16.9 Å². The number of thiophene rings is 1. The number of halogens is 1. The number of anilines is 1. The Morgan fingerprint density at radius 1 is 1.47 bits per heavy atom. The first-order valence-corrected chi connectivity index (χ1v) is 7.72. The number of methoxy groups -OCH3 is 1. The van der Waals surface area contributed by atoms with Crippen LogP contribution in [0.25, 0.3) is 9.40 Å². The number of ether oxygens (including phenoxy) is 1. The molecule has 0 bridgehead atoms. The van der Waals surface area contributed by atoms with Crippen LogP contribution in [-0.4, -0.2) is 19.1 Å². The van der Waals surface area contributed by atoms with E-state index in [4.69, 9.17) is 16.3 Å². The van der Waals surface area contributed by atoms with Crippen molar-refractivity contribution in [2.45, 2.75) is 18.9 Å². The Labute approximate surface area is 122 Å². The highest BCUT2D eigenvalue weighted by atomic mass is 35.5. The third kappa shape index (κ3) is 2.35. The second kappa shape index (κ2) is 4.77. The Morgan fingerprint density at radius 3 is 2.84 bits per heavy atom. The zero-order valence-electron chi connectivity index (χ0n) is 9.99. The van der Waals surface area contributed by atoms with Gasteiger partial charge in [0.05, 0.1) is 20.8 Å². The Morgan fingerprint density at radius 2 is 2.21 bits per heavy atom. The van der Waals surface area contributed by atoms with Gasteiger partial charge in [-0.1, -0.05) is 11.6 Å². The summed E-state index contributed by atoms with van der Waals surface area (Å²) in [5.41, 5.74) is -0.228. The van der Waals surface area contributed by atoms with Crippen LogP contribution in [0, 0.1) is 0 Å². The molecule has 19 heavy (non-hydrogen) atoms. The number of esters is 1. The normalized spacial score (nSPS) is 14.6. The summed E-state index contributed by atoms with van der Waals surface area (Å²) in [7, 11) is 1.28. The highest BCUT2D eigenvalue weighted by molar-refractivity contribution is 7.40. The first kappa shape index (κ1) is 12.9. The van der Waals surface area contributed by atoms with E-state index in [2.05, 4.69) is 5.32 Å². The van der Waals surface area contributed by atoms with Crippen molar-refractivity contribution in [2.24, 2.45) is 0 Å². The van der Waals surface area contributed by atoms with E-state index in [1.807, 2.05) is 0 Å². The van der Waals surface area contributed by atoms with Gasteiger partial charge in [-0.05, 0) is 18.9 Å². The number of hydrogen-bond donors (Lipinski definition) is 1. The lowest BCUT2D eigenvalue weighted by molar-refractivity contribution is 0.0601. The van der Waals surface area contributed by atoms with Gasteiger partial charge in [0.15, 0.2) is 0 Å². The minimum Gasteiger partial charge on any atom is -0.465 e. The molecule has 0 aromatic carbocycles. The predicted octanol–water partition coefficient (Wildman–Crippen LogP) is 3.34. The zero-order chi connectivity index (χ0) is 13.6. The summed E-state index contributed by atoms with van der Waals surface area (Å²) < 4.78 is 6.08. The quantitative estimate of drug-likeness (QED) is 0.883. The minimum atomic E-state index is -0.603. The number of fused-ring (bicyclic) bond motifs is 1. The molecule has 100 valence electrons. The fourth-order valence-electron chi connectivity index (χ4n) is 1.76. The Balaban J connectivity index is 2.24. The van der Waals surface area contributed by atoms with Gasteiger partial charge in [-0.15, -0.1) is 22.7 Å². The molecule has 0 spiro atoms. The smallest absolute Gasteiger partial charge is 0.344 e. The summed E-state index contributed by atoms with van der Waals surface area (Å²) in [5.74, 6) is -0.603. The molecule has 1 N–H and O–H groups in total. The van der Waals surface area contributed by atoms with E-state index in [1.165, 1.54) is 29.8 Å². The molecule has 4 nitrogen and oxygen atoms in total. The topological polar surface area (TPSA) is 55.4 Å². The average Bonchev–Trinajstić information content (AvgIpc) is 3.09. The Bertz CT molecular complexity index is 718. The van der Waals surface area contributed by atoms with Gasteiger partial charge in [0, 0.05) is 6.04 Å². The van der Waals surface area contributed by atoms with E-state index in [9.17, 15) is 9.59 Å². The first-order valence-electron chi connectivity index (χ1n) is 5.71. The predicted molar refractivity (Wildman–Crippen MR) is 79.0 cm³/mol. The molecular weight excluding hydrogens is 306 g/mol. The zero-order valence-corrected chi connectivity index (χ0v) is 12.4. The van der Waals surface area contributed by atoms with E-state index in [0.29, 0.717) is 20.8 Å².